The predicted molar refractivity (Wildman–Crippen MR) is 72.0 cm³/mol. The van der Waals surface area contributed by atoms with Gasteiger partial charge in [-0.2, -0.15) is 22.0 Å². The van der Waals surface area contributed by atoms with Gasteiger partial charge in [-0.3, -0.25) is 4.79 Å². The molecule has 2 aromatic rings. The molecule has 1 heterocycles. The number of benzene rings is 1. The van der Waals surface area contributed by atoms with Crippen molar-refractivity contribution < 1.29 is 26.7 Å². The normalized spacial score (nSPS) is 12.5. The van der Waals surface area contributed by atoms with Crippen LogP contribution >= 0.6 is 34.5 Å². The van der Waals surface area contributed by atoms with Gasteiger partial charge in [-0.05, 0) is 24.3 Å². The van der Waals surface area contributed by atoms with Gasteiger partial charge in [0, 0.05) is 10.6 Å². The minimum absolute atomic E-state index is 0.107. The number of carbonyl (C=O) groups is 1. The van der Waals surface area contributed by atoms with Crippen LogP contribution in [0.3, 0.4) is 0 Å². The third-order valence-corrected chi connectivity index (χ3v) is 3.98. The summed E-state index contributed by atoms with van der Waals surface area (Å²) in [6.45, 7) is 0. The van der Waals surface area contributed by atoms with Crippen LogP contribution in [0.1, 0.15) is 20.9 Å². The number of halogens is 7. The number of alkyl halides is 5. The molecular weight excluding hydrogens is 372 g/mol. The van der Waals surface area contributed by atoms with Crippen LogP contribution in [-0.2, 0) is 5.92 Å². The van der Waals surface area contributed by atoms with Crippen LogP contribution in [0, 0.1) is 0 Å². The molecule has 1 aromatic carbocycles. The average molecular weight is 376 g/mol. The van der Waals surface area contributed by atoms with Gasteiger partial charge in [0.2, 0.25) is 5.78 Å². The summed E-state index contributed by atoms with van der Waals surface area (Å²) in [6, 6.07) is 5.01. The lowest BCUT2D eigenvalue weighted by atomic mass is 10.1. The first-order chi connectivity index (χ1) is 10.0. The first-order valence-corrected chi connectivity index (χ1v) is 7.03. The number of ketones is 1. The molecular formula is C12H4Cl2F5NOS. The summed E-state index contributed by atoms with van der Waals surface area (Å²) in [6.07, 6.45) is -5.89. The van der Waals surface area contributed by atoms with E-state index in [2.05, 4.69) is 4.98 Å². The van der Waals surface area contributed by atoms with Gasteiger partial charge in [-0.25, -0.2) is 4.98 Å². The fraction of sp³-hybridized carbons (Fsp3) is 0.167. The van der Waals surface area contributed by atoms with Crippen molar-refractivity contribution in [3.8, 4) is 0 Å². The molecule has 0 spiro atoms. The molecule has 0 saturated carbocycles. The molecule has 0 unspecified atom stereocenters. The van der Waals surface area contributed by atoms with E-state index in [1.165, 1.54) is 24.3 Å². The van der Waals surface area contributed by atoms with Crippen molar-refractivity contribution in [2.45, 2.75) is 12.1 Å². The minimum atomic E-state index is -5.89. The second-order valence-electron chi connectivity index (χ2n) is 4.05. The van der Waals surface area contributed by atoms with Gasteiger partial charge in [0.25, 0.3) is 0 Å². The Labute approximate surface area is 134 Å². The van der Waals surface area contributed by atoms with Crippen LogP contribution in [-0.4, -0.2) is 16.9 Å². The van der Waals surface area contributed by atoms with Crippen molar-refractivity contribution in [2.75, 3.05) is 0 Å². The SMILES string of the molecule is O=C(c1ccc(Cl)cc1)c1sc(Cl)nc1C(F)(F)C(F)(F)F. The summed E-state index contributed by atoms with van der Waals surface area (Å²) in [5.74, 6) is -6.33. The smallest absolute Gasteiger partial charge is 0.288 e. The molecule has 10 heteroatoms. The summed E-state index contributed by atoms with van der Waals surface area (Å²) < 4.78 is 63.8. The first kappa shape index (κ1) is 17.1. The van der Waals surface area contributed by atoms with Crippen molar-refractivity contribution in [1.82, 2.24) is 4.98 Å². The van der Waals surface area contributed by atoms with E-state index >= 15 is 0 Å². The molecule has 118 valence electrons. The van der Waals surface area contributed by atoms with E-state index < -0.39 is 32.9 Å². The highest BCUT2D eigenvalue weighted by molar-refractivity contribution is 7.17. The van der Waals surface area contributed by atoms with E-state index in [1.807, 2.05) is 0 Å². The summed E-state index contributed by atoms with van der Waals surface area (Å²) >= 11 is 11.3. The highest BCUT2D eigenvalue weighted by atomic mass is 35.5. The quantitative estimate of drug-likeness (QED) is 0.535. The van der Waals surface area contributed by atoms with Crippen LogP contribution in [0.15, 0.2) is 24.3 Å². The zero-order valence-corrected chi connectivity index (χ0v) is 12.5. The van der Waals surface area contributed by atoms with Crippen LogP contribution in [0.4, 0.5) is 22.0 Å². The van der Waals surface area contributed by atoms with E-state index in [-0.39, 0.29) is 21.9 Å². The predicted octanol–water partition coefficient (Wildman–Crippen LogP) is 5.34. The van der Waals surface area contributed by atoms with Gasteiger partial charge < -0.3 is 0 Å². The van der Waals surface area contributed by atoms with Gasteiger partial charge in [0.15, 0.2) is 4.47 Å². The van der Waals surface area contributed by atoms with Crippen molar-refractivity contribution in [1.29, 1.82) is 0 Å². The van der Waals surface area contributed by atoms with E-state index in [9.17, 15) is 26.7 Å². The lowest BCUT2D eigenvalue weighted by Gasteiger charge is -2.18. The lowest BCUT2D eigenvalue weighted by molar-refractivity contribution is -0.290. The van der Waals surface area contributed by atoms with Crippen molar-refractivity contribution >= 4 is 40.3 Å². The Morgan fingerprint density at radius 3 is 2.09 bits per heavy atom. The van der Waals surface area contributed by atoms with Gasteiger partial charge in [0.05, 0.1) is 0 Å². The molecule has 0 saturated heterocycles. The molecule has 0 atom stereocenters. The topological polar surface area (TPSA) is 30.0 Å². The van der Waals surface area contributed by atoms with E-state index in [4.69, 9.17) is 23.2 Å². The lowest BCUT2D eigenvalue weighted by Crippen LogP contribution is -2.35. The van der Waals surface area contributed by atoms with Crippen LogP contribution in [0.2, 0.25) is 9.49 Å². The molecule has 0 fully saturated rings. The molecule has 0 aliphatic carbocycles. The maximum Gasteiger partial charge on any atom is 0.459 e. The van der Waals surface area contributed by atoms with Crippen molar-refractivity contribution in [3.63, 3.8) is 0 Å². The molecule has 2 rings (SSSR count). The number of hydrogen-bond acceptors (Lipinski definition) is 3. The van der Waals surface area contributed by atoms with Gasteiger partial charge in [0.1, 0.15) is 10.6 Å². The van der Waals surface area contributed by atoms with E-state index in [1.54, 1.807) is 0 Å². The molecule has 22 heavy (non-hydrogen) atoms. The number of aromatic nitrogens is 1. The number of rotatable bonds is 3. The maximum atomic E-state index is 13.5. The Balaban J connectivity index is 2.53. The summed E-state index contributed by atoms with van der Waals surface area (Å²) in [5.41, 5.74) is -1.81. The third-order valence-electron chi connectivity index (χ3n) is 2.57. The van der Waals surface area contributed by atoms with Crippen LogP contribution in [0.25, 0.3) is 0 Å². The first-order valence-electron chi connectivity index (χ1n) is 5.45. The second-order valence-corrected chi connectivity index (χ2v) is 6.07. The number of hydrogen-bond donors (Lipinski definition) is 0. The third kappa shape index (κ3) is 3.09. The molecule has 0 amide bonds. The Bertz CT molecular complexity index is 711. The summed E-state index contributed by atoms with van der Waals surface area (Å²) in [4.78, 5) is 14.2. The molecule has 2 nitrogen and oxygen atoms in total. The number of carbonyl (C=O) groups excluding carboxylic acids is 1. The Morgan fingerprint density at radius 1 is 1.05 bits per heavy atom. The van der Waals surface area contributed by atoms with Gasteiger partial charge in [-0.15, -0.1) is 0 Å². The standard InChI is InChI=1S/C12H4Cl2F5NOS/c13-6-3-1-5(2-4-6)7(21)8-9(20-10(14)22-8)11(15,16)12(17,18)19/h1-4H. The second kappa shape index (κ2) is 5.75. The Kier molecular flexibility index (Phi) is 4.47. The number of thiazole rings is 1. The zero-order chi connectivity index (χ0) is 16.7. The summed E-state index contributed by atoms with van der Waals surface area (Å²) in [7, 11) is 0. The zero-order valence-electron chi connectivity index (χ0n) is 10.2. The molecule has 0 radical (unpaired) electrons. The van der Waals surface area contributed by atoms with E-state index in [0.717, 1.165) is 0 Å². The monoisotopic (exact) mass is 375 g/mol. The highest BCUT2D eigenvalue weighted by Gasteiger charge is 2.61. The van der Waals surface area contributed by atoms with Crippen LogP contribution in [0.5, 0.6) is 0 Å². The summed E-state index contributed by atoms with van der Waals surface area (Å²) in [5, 5.41) is 0.278. The molecule has 0 aliphatic heterocycles. The minimum Gasteiger partial charge on any atom is -0.288 e. The fourth-order valence-electron chi connectivity index (χ4n) is 1.53. The fourth-order valence-corrected chi connectivity index (χ4v) is 2.76. The average Bonchev–Trinajstić information content (AvgIpc) is 2.80. The van der Waals surface area contributed by atoms with Gasteiger partial charge in [-0.1, -0.05) is 34.5 Å². The highest BCUT2D eigenvalue weighted by Crippen LogP contribution is 2.46. The van der Waals surface area contributed by atoms with E-state index in [0.29, 0.717) is 0 Å². The molecule has 0 aliphatic rings. The maximum absolute atomic E-state index is 13.5. The van der Waals surface area contributed by atoms with Gasteiger partial charge >= 0.3 is 12.1 Å². The largest absolute Gasteiger partial charge is 0.459 e. The molecule has 1 aromatic heterocycles. The van der Waals surface area contributed by atoms with Crippen molar-refractivity contribution in [3.05, 3.63) is 49.9 Å². The molecule has 0 N–H and O–H groups in total. The van der Waals surface area contributed by atoms with Crippen molar-refractivity contribution in [2.24, 2.45) is 0 Å². The Hall–Kier alpha value is -1.25. The molecule has 0 bridgehead atoms. The number of nitrogens with zero attached hydrogens (tertiary/aromatic N) is 1. The van der Waals surface area contributed by atoms with Crippen LogP contribution < -0.4 is 0 Å². The Morgan fingerprint density at radius 2 is 1.59 bits per heavy atom.